The Labute approximate surface area is 94.6 Å². The molecule has 1 fully saturated rings. The molecule has 1 aromatic heterocycles. The molecular weight excluding hydrogens is 208 g/mol. The number of hydrogen-bond acceptors (Lipinski definition) is 4. The molecule has 5 heteroatoms. The zero-order chi connectivity index (χ0) is 10.7. The Bertz CT molecular complexity index is 317. The fourth-order valence-corrected chi connectivity index (χ4v) is 3.17. The monoisotopic (exact) mass is 226 g/mol. The third-order valence-corrected chi connectivity index (χ3v) is 4.24. The summed E-state index contributed by atoms with van der Waals surface area (Å²) < 4.78 is 2.08. The van der Waals surface area contributed by atoms with Gasteiger partial charge in [0, 0.05) is 18.7 Å². The first kappa shape index (κ1) is 11.0. The van der Waals surface area contributed by atoms with E-state index in [1.165, 1.54) is 25.7 Å². The summed E-state index contributed by atoms with van der Waals surface area (Å²) in [4.78, 5) is 0. The highest BCUT2D eigenvalue weighted by atomic mass is 32.2. The predicted molar refractivity (Wildman–Crippen MR) is 61.9 cm³/mol. The Balaban J connectivity index is 2.01. The highest BCUT2D eigenvalue weighted by Gasteiger charge is 2.19. The van der Waals surface area contributed by atoms with Gasteiger partial charge in [0.05, 0.1) is 0 Å². The van der Waals surface area contributed by atoms with Crippen LogP contribution in [0.2, 0.25) is 0 Å². The zero-order valence-electron chi connectivity index (χ0n) is 9.15. The Hall–Kier alpha value is -0.550. The van der Waals surface area contributed by atoms with Gasteiger partial charge in [0.1, 0.15) is 5.82 Å². The maximum absolute atomic E-state index is 5.51. The molecule has 0 aromatic carbocycles. The maximum Gasteiger partial charge on any atom is 0.191 e. The molecule has 1 heterocycles. The van der Waals surface area contributed by atoms with Gasteiger partial charge >= 0.3 is 0 Å². The summed E-state index contributed by atoms with van der Waals surface area (Å²) in [6.45, 7) is 0.639. The van der Waals surface area contributed by atoms with Crippen molar-refractivity contribution in [2.75, 3.05) is 6.54 Å². The van der Waals surface area contributed by atoms with E-state index in [-0.39, 0.29) is 0 Å². The third-order valence-electron chi connectivity index (χ3n) is 2.87. The smallest absolute Gasteiger partial charge is 0.191 e. The van der Waals surface area contributed by atoms with Gasteiger partial charge < -0.3 is 10.3 Å². The van der Waals surface area contributed by atoms with Crippen LogP contribution in [0.15, 0.2) is 5.16 Å². The fourth-order valence-electron chi connectivity index (χ4n) is 1.95. The molecule has 1 aliphatic carbocycles. The first-order valence-corrected chi connectivity index (χ1v) is 6.44. The Morgan fingerprint density at radius 3 is 2.80 bits per heavy atom. The normalized spacial score (nSPS) is 17.5. The molecule has 15 heavy (non-hydrogen) atoms. The van der Waals surface area contributed by atoms with Crippen molar-refractivity contribution in [3.8, 4) is 0 Å². The molecule has 1 aromatic rings. The topological polar surface area (TPSA) is 56.7 Å². The van der Waals surface area contributed by atoms with E-state index in [1.807, 2.05) is 18.8 Å². The molecule has 1 saturated carbocycles. The molecule has 0 atom stereocenters. The lowest BCUT2D eigenvalue weighted by atomic mass is 10.4. The molecule has 4 nitrogen and oxygen atoms in total. The molecule has 2 rings (SSSR count). The van der Waals surface area contributed by atoms with Crippen molar-refractivity contribution < 1.29 is 0 Å². The lowest BCUT2D eigenvalue weighted by molar-refractivity contribution is 0.723. The van der Waals surface area contributed by atoms with Crippen LogP contribution < -0.4 is 5.73 Å². The number of nitrogens with zero attached hydrogens (tertiary/aromatic N) is 3. The highest BCUT2D eigenvalue weighted by molar-refractivity contribution is 7.99. The van der Waals surface area contributed by atoms with Gasteiger partial charge in [-0.3, -0.25) is 0 Å². The van der Waals surface area contributed by atoms with Crippen LogP contribution in [0, 0.1) is 0 Å². The van der Waals surface area contributed by atoms with E-state index < -0.39 is 0 Å². The molecular formula is C10H18N4S. The third kappa shape index (κ3) is 2.52. The molecule has 0 bridgehead atoms. The van der Waals surface area contributed by atoms with Crippen LogP contribution in [0.5, 0.6) is 0 Å². The van der Waals surface area contributed by atoms with E-state index in [9.17, 15) is 0 Å². The second-order valence-corrected chi connectivity index (χ2v) is 5.29. The molecule has 0 unspecified atom stereocenters. The summed E-state index contributed by atoms with van der Waals surface area (Å²) >= 11 is 1.87. The van der Waals surface area contributed by atoms with Crippen LogP contribution in [-0.2, 0) is 13.5 Å². The standard InChI is InChI=1S/C10H18N4S/c1-14-9(6-7-11)12-13-10(14)15-8-4-2-3-5-8/h8H,2-7,11H2,1H3. The Morgan fingerprint density at radius 2 is 2.13 bits per heavy atom. The van der Waals surface area contributed by atoms with Crippen LogP contribution in [0.25, 0.3) is 0 Å². The number of hydrogen-bond donors (Lipinski definition) is 1. The summed E-state index contributed by atoms with van der Waals surface area (Å²) in [7, 11) is 2.03. The number of thioether (sulfide) groups is 1. The fraction of sp³-hybridized carbons (Fsp3) is 0.800. The van der Waals surface area contributed by atoms with Gasteiger partial charge in [-0.1, -0.05) is 24.6 Å². The molecule has 0 saturated heterocycles. The van der Waals surface area contributed by atoms with Crippen molar-refractivity contribution in [3.05, 3.63) is 5.82 Å². The maximum atomic E-state index is 5.51. The van der Waals surface area contributed by atoms with Crippen molar-refractivity contribution in [2.45, 2.75) is 42.5 Å². The first-order valence-electron chi connectivity index (χ1n) is 5.56. The molecule has 0 aliphatic heterocycles. The van der Waals surface area contributed by atoms with E-state index in [0.29, 0.717) is 6.54 Å². The Kier molecular flexibility index (Phi) is 3.64. The molecule has 0 spiro atoms. The highest BCUT2D eigenvalue weighted by Crippen LogP contribution is 2.33. The summed E-state index contributed by atoms with van der Waals surface area (Å²) in [5.41, 5.74) is 5.51. The molecule has 1 aliphatic rings. The molecule has 0 radical (unpaired) electrons. The first-order chi connectivity index (χ1) is 7.31. The van der Waals surface area contributed by atoms with E-state index in [2.05, 4.69) is 14.8 Å². The average molecular weight is 226 g/mol. The lowest BCUT2D eigenvalue weighted by Gasteiger charge is -2.07. The zero-order valence-corrected chi connectivity index (χ0v) is 9.96. The van der Waals surface area contributed by atoms with Crippen LogP contribution in [-0.4, -0.2) is 26.6 Å². The summed E-state index contributed by atoms with van der Waals surface area (Å²) in [5.74, 6) is 0.998. The Morgan fingerprint density at radius 1 is 1.40 bits per heavy atom. The summed E-state index contributed by atoms with van der Waals surface area (Å²) in [5, 5.41) is 10.2. The number of nitrogens with two attached hydrogens (primary N) is 1. The second kappa shape index (κ2) is 4.99. The number of aromatic nitrogens is 3. The molecule has 2 N–H and O–H groups in total. The lowest BCUT2D eigenvalue weighted by Crippen LogP contribution is -2.08. The minimum atomic E-state index is 0.639. The van der Waals surface area contributed by atoms with Gasteiger partial charge in [0.2, 0.25) is 0 Å². The largest absolute Gasteiger partial charge is 0.330 e. The van der Waals surface area contributed by atoms with Crippen molar-refractivity contribution >= 4 is 11.8 Å². The van der Waals surface area contributed by atoms with Crippen molar-refractivity contribution in [1.29, 1.82) is 0 Å². The van der Waals surface area contributed by atoms with Crippen molar-refractivity contribution in [2.24, 2.45) is 12.8 Å². The molecule has 84 valence electrons. The summed E-state index contributed by atoms with van der Waals surface area (Å²) in [6, 6.07) is 0. The SMILES string of the molecule is Cn1c(CCN)nnc1SC1CCCC1. The predicted octanol–water partition coefficient (Wildman–Crippen LogP) is 1.35. The average Bonchev–Trinajstić information content (AvgIpc) is 2.83. The molecule has 0 amide bonds. The van der Waals surface area contributed by atoms with Gasteiger partial charge in [0.15, 0.2) is 5.16 Å². The number of rotatable bonds is 4. The van der Waals surface area contributed by atoms with Gasteiger partial charge in [-0.2, -0.15) is 0 Å². The second-order valence-electron chi connectivity index (χ2n) is 4.02. The van der Waals surface area contributed by atoms with Crippen molar-refractivity contribution in [3.63, 3.8) is 0 Å². The van der Waals surface area contributed by atoms with Crippen LogP contribution in [0.4, 0.5) is 0 Å². The van der Waals surface area contributed by atoms with E-state index in [4.69, 9.17) is 5.73 Å². The van der Waals surface area contributed by atoms with Gasteiger partial charge in [-0.05, 0) is 19.4 Å². The van der Waals surface area contributed by atoms with E-state index >= 15 is 0 Å². The van der Waals surface area contributed by atoms with Crippen LogP contribution in [0.1, 0.15) is 31.5 Å². The van der Waals surface area contributed by atoms with E-state index in [0.717, 1.165) is 22.7 Å². The van der Waals surface area contributed by atoms with E-state index in [1.54, 1.807) is 0 Å². The van der Waals surface area contributed by atoms with Gasteiger partial charge in [0.25, 0.3) is 0 Å². The summed E-state index contributed by atoms with van der Waals surface area (Å²) in [6.07, 6.45) is 6.19. The van der Waals surface area contributed by atoms with Crippen LogP contribution >= 0.6 is 11.8 Å². The van der Waals surface area contributed by atoms with Gasteiger partial charge in [-0.25, -0.2) is 0 Å². The van der Waals surface area contributed by atoms with Gasteiger partial charge in [-0.15, -0.1) is 10.2 Å². The van der Waals surface area contributed by atoms with Crippen molar-refractivity contribution in [1.82, 2.24) is 14.8 Å². The minimum Gasteiger partial charge on any atom is -0.330 e. The minimum absolute atomic E-state index is 0.639. The quantitative estimate of drug-likeness (QED) is 0.842. The van der Waals surface area contributed by atoms with Crippen LogP contribution in [0.3, 0.4) is 0 Å².